The van der Waals surface area contributed by atoms with Gasteiger partial charge in [0.25, 0.3) is 6.43 Å². The van der Waals surface area contributed by atoms with Gasteiger partial charge in [-0.1, -0.05) is 0 Å². The van der Waals surface area contributed by atoms with E-state index in [0.717, 1.165) is 0 Å². The van der Waals surface area contributed by atoms with Gasteiger partial charge in [0.15, 0.2) is 0 Å². The van der Waals surface area contributed by atoms with Crippen LogP contribution in [-0.4, -0.2) is 19.6 Å². The lowest BCUT2D eigenvalue weighted by atomic mass is 9.98. The third-order valence-corrected chi connectivity index (χ3v) is 3.66. The van der Waals surface area contributed by atoms with E-state index in [9.17, 15) is 17.2 Å². The second-order valence-electron chi connectivity index (χ2n) is 3.58. The zero-order valence-electron chi connectivity index (χ0n) is 7.87. The molecule has 0 aromatic heterocycles. The summed E-state index contributed by atoms with van der Waals surface area (Å²) in [5.41, 5.74) is 0. The molecule has 0 saturated carbocycles. The Morgan fingerprint density at radius 2 is 1.93 bits per heavy atom. The van der Waals surface area contributed by atoms with Crippen molar-refractivity contribution in [2.24, 2.45) is 11.1 Å². The van der Waals surface area contributed by atoms with Crippen molar-refractivity contribution in [3.8, 4) is 6.07 Å². The predicted molar refractivity (Wildman–Crippen MR) is 46.9 cm³/mol. The minimum absolute atomic E-state index is 0.472. The Kier molecular flexibility index (Phi) is 3.97. The molecule has 0 aliphatic carbocycles. The van der Waals surface area contributed by atoms with Crippen molar-refractivity contribution in [3.05, 3.63) is 0 Å². The number of nitrogens with zero attached hydrogens (tertiary/aromatic N) is 1. The minimum atomic E-state index is -3.93. The van der Waals surface area contributed by atoms with Crippen molar-refractivity contribution in [2.75, 3.05) is 0 Å². The van der Waals surface area contributed by atoms with Crippen molar-refractivity contribution in [1.82, 2.24) is 0 Å². The summed E-state index contributed by atoms with van der Waals surface area (Å²) in [5.74, 6) is -1.61. The molecular weight excluding hydrogens is 214 g/mol. The summed E-state index contributed by atoms with van der Waals surface area (Å²) >= 11 is 0. The molecule has 0 aromatic rings. The molecule has 82 valence electrons. The summed E-state index contributed by atoms with van der Waals surface area (Å²) in [6, 6.07) is 1.36. The fourth-order valence-corrected chi connectivity index (χ4v) is 1.25. The Morgan fingerprint density at radius 1 is 1.50 bits per heavy atom. The quantitative estimate of drug-likeness (QED) is 0.771. The highest BCUT2D eigenvalue weighted by Crippen LogP contribution is 2.26. The Hall–Kier alpha value is -0.740. The fraction of sp³-hybridized carbons (Fsp3) is 0.857. The van der Waals surface area contributed by atoms with Gasteiger partial charge in [0.1, 0.15) is 5.92 Å². The lowest BCUT2D eigenvalue weighted by molar-refractivity contribution is 0.0949. The number of nitrogens with two attached hydrogens (primary N) is 1. The molecule has 7 heteroatoms. The van der Waals surface area contributed by atoms with Gasteiger partial charge in [0.05, 0.1) is 10.8 Å². The van der Waals surface area contributed by atoms with Gasteiger partial charge in [0, 0.05) is 0 Å². The second-order valence-corrected chi connectivity index (χ2v) is 5.77. The Morgan fingerprint density at radius 3 is 2.14 bits per heavy atom. The van der Waals surface area contributed by atoms with Crippen molar-refractivity contribution < 1.29 is 17.2 Å². The maximum Gasteiger partial charge on any atom is 0.254 e. The molecular formula is C7H12F2N2O2S. The molecule has 0 spiro atoms. The van der Waals surface area contributed by atoms with Gasteiger partial charge in [-0.3, -0.25) is 0 Å². The number of rotatable bonds is 4. The summed E-state index contributed by atoms with van der Waals surface area (Å²) in [6.07, 6.45) is -3.33. The first kappa shape index (κ1) is 13.3. The Bertz CT molecular complexity index is 332. The van der Waals surface area contributed by atoms with E-state index in [1.54, 1.807) is 0 Å². The summed E-state index contributed by atoms with van der Waals surface area (Å²) < 4.78 is 44.7. The van der Waals surface area contributed by atoms with Crippen molar-refractivity contribution in [3.63, 3.8) is 0 Å². The van der Waals surface area contributed by atoms with Crippen LogP contribution in [0.15, 0.2) is 0 Å². The van der Waals surface area contributed by atoms with E-state index in [4.69, 9.17) is 10.4 Å². The second kappa shape index (κ2) is 4.19. The first-order valence-electron chi connectivity index (χ1n) is 3.82. The van der Waals surface area contributed by atoms with Crippen LogP contribution in [0.25, 0.3) is 0 Å². The molecule has 0 fully saturated rings. The van der Waals surface area contributed by atoms with E-state index in [1.807, 2.05) is 0 Å². The number of alkyl halides is 2. The normalized spacial score (nSPS) is 15.2. The molecule has 0 aromatic carbocycles. The van der Waals surface area contributed by atoms with Gasteiger partial charge in [-0.2, -0.15) is 5.26 Å². The highest BCUT2D eigenvalue weighted by atomic mass is 32.2. The highest BCUT2D eigenvalue weighted by molar-refractivity contribution is 7.90. The van der Waals surface area contributed by atoms with Crippen LogP contribution in [0.5, 0.6) is 0 Å². The van der Waals surface area contributed by atoms with Crippen LogP contribution >= 0.6 is 0 Å². The number of nitriles is 1. The standard InChI is InChI=1S/C7H12F2N2O2S/c1-7(2,14(11,12)13)3-5(4-10)6(8)9/h5-6H,3H2,1-2H3,(H2,11,12,13)/t5-/m0/s1. The average molecular weight is 226 g/mol. The fourth-order valence-electron chi connectivity index (χ4n) is 0.837. The van der Waals surface area contributed by atoms with Crippen molar-refractivity contribution >= 4 is 10.0 Å². The monoisotopic (exact) mass is 226 g/mol. The lowest BCUT2D eigenvalue weighted by Crippen LogP contribution is -2.40. The number of sulfonamides is 1. The number of halogens is 2. The maximum atomic E-state index is 12.2. The highest BCUT2D eigenvalue weighted by Gasteiger charge is 2.37. The molecule has 0 bridgehead atoms. The van der Waals surface area contributed by atoms with Crippen LogP contribution < -0.4 is 5.14 Å². The van der Waals surface area contributed by atoms with Crippen LogP contribution in [0, 0.1) is 17.2 Å². The van der Waals surface area contributed by atoms with Crippen molar-refractivity contribution in [2.45, 2.75) is 31.4 Å². The summed E-state index contributed by atoms with van der Waals surface area (Å²) in [6.45, 7) is 2.43. The largest absolute Gasteiger partial charge is 0.254 e. The average Bonchev–Trinajstić information content (AvgIpc) is 1.97. The Labute approximate surface area is 81.8 Å². The molecule has 0 saturated heterocycles. The van der Waals surface area contributed by atoms with Crippen LogP contribution in [0.3, 0.4) is 0 Å². The molecule has 0 aliphatic rings. The predicted octanol–water partition coefficient (Wildman–Crippen LogP) is 0.848. The van der Waals surface area contributed by atoms with Crippen LogP contribution in [-0.2, 0) is 10.0 Å². The smallest absolute Gasteiger partial charge is 0.228 e. The molecule has 2 N–H and O–H groups in total. The van der Waals surface area contributed by atoms with E-state index in [-0.39, 0.29) is 0 Å². The van der Waals surface area contributed by atoms with Gasteiger partial charge < -0.3 is 0 Å². The maximum absolute atomic E-state index is 12.2. The van der Waals surface area contributed by atoms with Crippen LogP contribution in [0.2, 0.25) is 0 Å². The molecule has 0 amide bonds. The molecule has 14 heavy (non-hydrogen) atoms. The van der Waals surface area contributed by atoms with Gasteiger partial charge in [-0.15, -0.1) is 0 Å². The minimum Gasteiger partial charge on any atom is -0.228 e. The van der Waals surface area contributed by atoms with E-state index in [1.165, 1.54) is 19.9 Å². The molecule has 1 atom stereocenters. The first-order chi connectivity index (χ1) is 6.12. The molecule has 0 unspecified atom stereocenters. The first-order valence-corrected chi connectivity index (χ1v) is 5.36. The van der Waals surface area contributed by atoms with Gasteiger partial charge >= 0.3 is 0 Å². The van der Waals surface area contributed by atoms with Crippen LogP contribution in [0.1, 0.15) is 20.3 Å². The Balaban J connectivity index is 4.77. The molecule has 0 rings (SSSR count). The van der Waals surface area contributed by atoms with Crippen molar-refractivity contribution in [1.29, 1.82) is 5.26 Å². The third-order valence-electron chi connectivity index (χ3n) is 1.95. The summed E-state index contributed by atoms with van der Waals surface area (Å²) in [4.78, 5) is 0. The third kappa shape index (κ3) is 3.20. The molecule has 0 radical (unpaired) electrons. The van der Waals surface area contributed by atoms with E-state index in [0.29, 0.717) is 0 Å². The number of hydrogen-bond donors (Lipinski definition) is 1. The van der Waals surface area contributed by atoms with E-state index >= 15 is 0 Å². The molecule has 4 nitrogen and oxygen atoms in total. The number of primary sulfonamides is 1. The summed E-state index contributed by atoms with van der Waals surface area (Å²) in [7, 11) is -3.93. The van der Waals surface area contributed by atoms with Gasteiger partial charge in [-0.25, -0.2) is 22.3 Å². The summed E-state index contributed by atoms with van der Waals surface area (Å²) in [5, 5.41) is 13.2. The van der Waals surface area contributed by atoms with Gasteiger partial charge in [-0.05, 0) is 20.3 Å². The zero-order valence-corrected chi connectivity index (χ0v) is 8.68. The van der Waals surface area contributed by atoms with Crippen LogP contribution in [0.4, 0.5) is 8.78 Å². The lowest BCUT2D eigenvalue weighted by Gasteiger charge is -2.23. The topological polar surface area (TPSA) is 83.9 Å². The SMILES string of the molecule is CC(C)(C[C@@H](C#N)C(F)F)S(N)(=O)=O. The van der Waals surface area contributed by atoms with E-state index < -0.39 is 33.5 Å². The van der Waals surface area contributed by atoms with E-state index in [2.05, 4.69) is 0 Å². The molecule has 0 heterocycles. The molecule has 0 aliphatic heterocycles. The zero-order chi connectivity index (χ0) is 11.6. The van der Waals surface area contributed by atoms with Gasteiger partial charge in [0.2, 0.25) is 10.0 Å². The number of hydrogen-bond acceptors (Lipinski definition) is 3.